The molecule has 128 valence electrons. The molecule has 2 aromatic heterocycles. The summed E-state index contributed by atoms with van der Waals surface area (Å²) in [5.74, 6) is 0.756. The molecular formula is C19H21N5O. The first kappa shape index (κ1) is 16.7. The van der Waals surface area contributed by atoms with Crippen molar-refractivity contribution in [2.24, 2.45) is 0 Å². The lowest BCUT2D eigenvalue weighted by Crippen LogP contribution is -2.36. The molecule has 0 saturated heterocycles. The maximum Gasteiger partial charge on any atom is 0.315 e. The second-order valence-corrected chi connectivity index (χ2v) is 5.82. The summed E-state index contributed by atoms with van der Waals surface area (Å²) in [4.78, 5) is 16.4. The summed E-state index contributed by atoms with van der Waals surface area (Å²) >= 11 is 0. The summed E-state index contributed by atoms with van der Waals surface area (Å²) in [6, 6.07) is 15.1. The third-order valence-electron chi connectivity index (χ3n) is 4.02. The van der Waals surface area contributed by atoms with E-state index in [1.54, 1.807) is 17.1 Å². The van der Waals surface area contributed by atoms with E-state index in [0.717, 1.165) is 22.6 Å². The number of pyridine rings is 1. The molecule has 2 N–H and O–H groups in total. The highest BCUT2D eigenvalue weighted by molar-refractivity contribution is 5.74. The van der Waals surface area contributed by atoms with Crippen LogP contribution in [0.15, 0.2) is 60.9 Å². The smallest absolute Gasteiger partial charge is 0.315 e. The van der Waals surface area contributed by atoms with Crippen molar-refractivity contribution < 1.29 is 4.79 Å². The van der Waals surface area contributed by atoms with Gasteiger partial charge in [0.25, 0.3) is 0 Å². The molecule has 2 heterocycles. The molecular weight excluding hydrogens is 314 g/mol. The molecule has 6 heteroatoms. The third kappa shape index (κ3) is 4.03. The number of nitrogens with zero attached hydrogens (tertiary/aromatic N) is 3. The van der Waals surface area contributed by atoms with Crippen LogP contribution in [0.25, 0.3) is 5.82 Å². The molecule has 0 radical (unpaired) electrons. The van der Waals surface area contributed by atoms with Gasteiger partial charge in [-0.3, -0.25) is 0 Å². The Morgan fingerprint density at radius 2 is 1.92 bits per heavy atom. The van der Waals surface area contributed by atoms with Crippen molar-refractivity contribution in [3.63, 3.8) is 0 Å². The Balaban J connectivity index is 1.62. The number of carbonyl (C=O) groups excluding carboxylic acids is 1. The second-order valence-electron chi connectivity index (χ2n) is 5.82. The molecule has 6 nitrogen and oxygen atoms in total. The molecule has 1 aromatic carbocycles. The van der Waals surface area contributed by atoms with Crippen molar-refractivity contribution >= 4 is 6.03 Å². The number of hydrogen-bond acceptors (Lipinski definition) is 3. The largest absolute Gasteiger partial charge is 0.334 e. The van der Waals surface area contributed by atoms with Gasteiger partial charge in [-0.05, 0) is 31.5 Å². The predicted molar refractivity (Wildman–Crippen MR) is 96.3 cm³/mol. The lowest BCUT2D eigenvalue weighted by molar-refractivity contribution is 0.237. The minimum atomic E-state index is -0.207. The zero-order valence-corrected chi connectivity index (χ0v) is 14.3. The molecule has 3 rings (SSSR count). The van der Waals surface area contributed by atoms with E-state index in [1.807, 2.05) is 62.4 Å². The Labute approximate surface area is 146 Å². The van der Waals surface area contributed by atoms with Gasteiger partial charge >= 0.3 is 6.03 Å². The molecule has 0 aliphatic carbocycles. The summed E-state index contributed by atoms with van der Waals surface area (Å²) < 4.78 is 1.77. The third-order valence-corrected chi connectivity index (χ3v) is 4.02. The molecule has 0 saturated carbocycles. The monoisotopic (exact) mass is 335 g/mol. The van der Waals surface area contributed by atoms with Crippen LogP contribution < -0.4 is 10.6 Å². The Morgan fingerprint density at radius 1 is 1.16 bits per heavy atom. The number of benzene rings is 1. The van der Waals surface area contributed by atoms with E-state index in [0.29, 0.717) is 6.54 Å². The second kappa shape index (κ2) is 7.61. The van der Waals surface area contributed by atoms with E-state index in [1.165, 1.54) is 0 Å². The lowest BCUT2D eigenvalue weighted by Gasteiger charge is -2.15. The van der Waals surface area contributed by atoms with Crippen molar-refractivity contribution in [2.45, 2.75) is 26.4 Å². The van der Waals surface area contributed by atoms with E-state index >= 15 is 0 Å². The van der Waals surface area contributed by atoms with Gasteiger partial charge in [-0.25, -0.2) is 14.5 Å². The van der Waals surface area contributed by atoms with Crippen molar-refractivity contribution in [1.82, 2.24) is 25.4 Å². The summed E-state index contributed by atoms with van der Waals surface area (Å²) in [7, 11) is 0. The van der Waals surface area contributed by atoms with Gasteiger partial charge in [0.05, 0.1) is 12.2 Å². The van der Waals surface area contributed by atoms with Crippen molar-refractivity contribution in [3.8, 4) is 5.82 Å². The van der Waals surface area contributed by atoms with Crippen molar-refractivity contribution in [1.29, 1.82) is 0 Å². The molecule has 0 unspecified atom stereocenters. The van der Waals surface area contributed by atoms with Gasteiger partial charge in [0.2, 0.25) is 0 Å². The molecule has 25 heavy (non-hydrogen) atoms. The molecule has 2 amide bonds. The van der Waals surface area contributed by atoms with Gasteiger partial charge in [-0.2, -0.15) is 5.10 Å². The predicted octanol–water partition coefficient (Wildman–Crippen LogP) is 3.14. The zero-order chi connectivity index (χ0) is 17.6. The van der Waals surface area contributed by atoms with Crippen LogP contribution in [0.2, 0.25) is 0 Å². The highest BCUT2D eigenvalue weighted by atomic mass is 16.2. The van der Waals surface area contributed by atoms with E-state index in [2.05, 4.69) is 20.7 Å². The maximum absolute atomic E-state index is 12.1. The fraction of sp³-hybridized carbons (Fsp3) is 0.211. The minimum Gasteiger partial charge on any atom is -0.334 e. The van der Waals surface area contributed by atoms with E-state index < -0.39 is 0 Å². The lowest BCUT2D eigenvalue weighted by atomic mass is 10.1. The summed E-state index contributed by atoms with van der Waals surface area (Å²) in [5.41, 5.74) is 2.97. The number of carbonyl (C=O) groups is 1. The van der Waals surface area contributed by atoms with Gasteiger partial charge in [-0.15, -0.1) is 0 Å². The van der Waals surface area contributed by atoms with E-state index in [9.17, 15) is 4.79 Å². The van der Waals surface area contributed by atoms with Gasteiger partial charge in [-0.1, -0.05) is 36.4 Å². The quantitative estimate of drug-likeness (QED) is 0.752. The molecule has 0 bridgehead atoms. The highest BCUT2D eigenvalue weighted by Crippen LogP contribution is 2.19. The van der Waals surface area contributed by atoms with E-state index in [4.69, 9.17) is 0 Å². The standard InChI is InChI=1S/C19H21N5O/c1-14(23-19(25)21-12-16-8-4-3-5-9-16)17-13-22-24(15(17)2)18-10-6-7-11-20-18/h3-11,13-14H,12H2,1-2H3,(H2,21,23,25)/t14-/m1/s1. The number of rotatable bonds is 5. The van der Waals surface area contributed by atoms with Crippen molar-refractivity contribution in [3.05, 3.63) is 77.7 Å². The van der Waals surface area contributed by atoms with Crippen LogP contribution in [-0.2, 0) is 6.54 Å². The normalized spacial score (nSPS) is 11.8. The first-order valence-corrected chi connectivity index (χ1v) is 8.19. The Morgan fingerprint density at radius 3 is 2.64 bits per heavy atom. The van der Waals surface area contributed by atoms with Crippen LogP contribution >= 0.6 is 0 Å². The number of hydrogen-bond donors (Lipinski definition) is 2. The number of nitrogens with one attached hydrogen (secondary N) is 2. The topological polar surface area (TPSA) is 71.8 Å². The fourth-order valence-corrected chi connectivity index (χ4v) is 2.66. The molecule has 0 aliphatic rings. The Kier molecular flexibility index (Phi) is 5.09. The minimum absolute atomic E-state index is 0.159. The zero-order valence-electron chi connectivity index (χ0n) is 14.3. The van der Waals surface area contributed by atoms with Crippen LogP contribution in [0, 0.1) is 6.92 Å². The molecule has 0 fully saturated rings. The number of aromatic nitrogens is 3. The average Bonchev–Trinajstić information content (AvgIpc) is 3.03. The van der Waals surface area contributed by atoms with Crippen LogP contribution in [0.1, 0.15) is 29.8 Å². The Bertz CT molecular complexity index is 830. The SMILES string of the molecule is Cc1c([C@@H](C)NC(=O)NCc2ccccc2)cnn1-c1ccccn1. The van der Waals surface area contributed by atoms with E-state index in [-0.39, 0.29) is 12.1 Å². The van der Waals surface area contributed by atoms with Crippen LogP contribution in [0.5, 0.6) is 0 Å². The maximum atomic E-state index is 12.1. The fourth-order valence-electron chi connectivity index (χ4n) is 2.66. The Hall–Kier alpha value is -3.15. The first-order valence-electron chi connectivity index (χ1n) is 8.19. The first-order chi connectivity index (χ1) is 12.1. The van der Waals surface area contributed by atoms with Crippen LogP contribution in [0.3, 0.4) is 0 Å². The highest BCUT2D eigenvalue weighted by Gasteiger charge is 2.16. The molecule has 0 aliphatic heterocycles. The summed E-state index contributed by atoms with van der Waals surface area (Å²) in [6.45, 7) is 4.40. The molecule has 0 spiro atoms. The van der Waals surface area contributed by atoms with Gasteiger partial charge < -0.3 is 10.6 Å². The van der Waals surface area contributed by atoms with Gasteiger partial charge in [0, 0.05) is 24.0 Å². The van der Waals surface area contributed by atoms with Gasteiger partial charge in [0.15, 0.2) is 5.82 Å². The number of amides is 2. The van der Waals surface area contributed by atoms with Crippen molar-refractivity contribution in [2.75, 3.05) is 0 Å². The summed E-state index contributed by atoms with van der Waals surface area (Å²) in [5, 5.41) is 10.2. The summed E-state index contributed by atoms with van der Waals surface area (Å²) in [6.07, 6.45) is 3.50. The average molecular weight is 335 g/mol. The van der Waals surface area contributed by atoms with Crippen LogP contribution in [-0.4, -0.2) is 20.8 Å². The molecule has 3 aromatic rings. The number of urea groups is 1. The van der Waals surface area contributed by atoms with Gasteiger partial charge in [0.1, 0.15) is 0 Å². The van der Waals surface area contributed by atoms with Crippen LogP contribution in [0.4, 0.5) is 4.79 Å². The molecule has 1 atom stereocenters.